The lowest BCUT2D eigenvalue weighted by atomic mass is 10.2. The van der Waals surface area contributed by atoms with Crippen molar-refractivity contribution >= 4 is 39.6 Å². The van der Waals surface area contributed by atoms with Crippen molar-refractivity contribution in [2.24, 2.45) is 0 Å². The summed E-state index contributed by atoms with van der Waals surface area (Å²) in [6.45, 7) is 3.77. The van der Waals surface area contributed by atoms with Gasteiger partial charge in [-0.2, -0.15) is 4.98 Å². The highest BCUT2D eigenvalue weighted by Gasteiger charge is 2.35. The number of aromatic nitrogens is 2. The number of hydrogen-bond donors (Lipinski definition) is 1. The quantitative estimate of drug-likeness (QED) is 0.831. The predicted molar refractivity (Wildman–Crippen MR) is 96.3 cm³/mol. The van der Waals surface area contributed by atoms with E-state index in [2.05, 4.69) is 37.8 Å². The number of carbonyl (C=O) groups excluding carboxylic acids is 1. The first-order valence-corrected chi connectivity index (χ1v) is 9.22. The Morgan fingerprint density at radius 1 is 1.25 bits per heavy atom. The summed E-state index contributed by atoms with van der Waals surface area (Å²) in [7, 11) is 2.06. The van der Waals surface area contributed by atoms with Crippen molar-refractivity contribution in [3.8, 4) is 0 Å². The first-order valence-electron chi connectivity index (χ1n) is 8.34. The molecule has 4 rings (SSSR count). The van der Waals surface area contributed by atoms with Gasteiger partial charge in [-0.1, -0.05) is 0 Å². The standard InChI is InChI=1S/C16H22N6OS/c1-20-11(10-23)2-3-13(20)21-5-7-22(8-6-21)14-12-4-9-24-15(12)19-16(17)18-14/h4,9-11,13H,2-3,5-8H2,1H3,(H2,17,18,19). The molecule has 7 nitrogen and oxygen atoms in total. The zero-order chi connectivity index (χ0) is 16.7. The molecule has 0 bridgehead atoms. The van der Waals surface area contributed by atoms with Crippen molar-refractivity contribution in [1.29, 1.82) is 0 Å². The molecule has 2 atom stereocenters. The molecule has 0 radical (unpaired) electrons. The second-order valence-electron chi connectivity index (χ2n) is 6.49. The third-order valence-electron chi connectivity index (χ3n) is 5.23. The number of rotatable bonds is 3. The number of nitrogen functional groups attached to an aromatic ring is 1. The van der Waals surface area contributed by atoms with E-state index in [0.717, 1.165) is 61.3 Å². The van der Waals surface area contributed by atoms with E-state index in [1.807, 2.05) is 5.38 Å². The van der Waals surface area contributed by atoms with Crippen LogP contribution in [0, 0.1) is 0 Å². The Balaban J connectivity index is 1.48. The van der Waals surface area contributed by atoms with Crippen LogP contribution in [0.15, 0.2) is 11.4 Å². The molecule has 8 heteroatoms. The van der Waals surface area contributed by atoms with Gasteiger partial charge in [-0.25, -0.2) is 4.98 Å². The summed E-state index contributed by atoms with van der Waals surface area (Å²) in [5, 5.41) is 3.12. The second kappa shape index (κ2) is 6.27. The predicted octanol–water partition coefficient (Wildman–Crippen LogP) is 1.01. The third-order valence-corrected chi connectivity index (χ3v) is 6.04. The molecule has 2 N–H and O–H groups in total. The summed E-state index contributed by atoms with van der Waals surface area (Å²) in [6.07, 6.45) is 3.48. The lowest BCUT2D eigenvalue weighted by molar-refractivity contribution is -0.112. The number of anilines is 2. The second-order valence-corrected chi connectivity index (χ2v) is 7.39. The molecule has 2 aliphatic heterocycles. The Morgan fingerprint density at radius 3 is 2.75 bits per heavy atom. The molecule has 2 fully saturated rings. The van der Waals surface area contributed by atoms with Gasteiger partial charge >= 0.3 is 0 Å². The van der Waals surface area contributed by atoms with Gasteiger partial charge in [0.05, 0.1) is 17.6 Å². The third kappa shape index (κ3) is 2.64. The monoisotopic (exact) mass is 346 g/mol. The lowest BCUT2D eigenvalue weighted by Crippen LogP contribution is -2.54. The maximum absolute atomic E-state index is 11.1. The van der Waals surface area contributed by atoms with Crippen LogP contribution < -0.4 is 10.6 Å². The minimum absolute atomic E-state index is 0.0696. The number of carbonyl (C=O) groups is 1. The van der Waals surface area contributed by atoms with Crippen LogP contribution in [0.3, 0.4) is 0 Å². The zero-order valence-corrected chi connectivity index (χ0v) is 14.6. The van der Waals surface area contributed by atoms with E-state index in [-0.39, 0.29) is 6.04 Å². The van der Waals surface area contributed by atoms with E-state index in [0.29, 0.717) is 12.1 Å². The maximum atomic E-state index is 11.1. The Kier molecular flexibility index (Phi) is 4.11. The largest absolute Gasteiger partial charge is 0.368 e. The van der Waals surface area contributed by atoms with Gasteiger partial charge in [-0.05, 0) is 31.3 Å². The number of nitrogens with zero attached hydrogens (tertiary/aromatic N) is 5. The molecule has 2 unspecified atom stereocenters. The molecule has 0 saturated carbocycles. The Labute approximate surface area is 145 Å². The smallest absolute Gasteiger partial charge is 0.223 e. The fourth-order valence-electron chi connectivity index (χ4n) is 3.88. The fraction of sp³-hybridized carbons (Fsp3) is 0.562. The van der Waals surface area contributed by atoms with Crippen molar-refractivity contribution in [2.45, 2.75) is 25.0 Å². The zero-order valence-electron chi connectivity index (χ0n) is 13.8. The number of aldehydes is 1. The SMILES string of the molecule is CN1C(C=O)CCC1N1CCN(c2nc(N)nc3sccc23)CC1. The summed E-state index contributed by atoms with van der Waals surface area (Å²) in [5.74, 6) is 1.29. The highest BCUT2D eigenvalue weighted by atomic mass is 32.1. The van der Waals surface area contributed by atoms with E-state index in [1.165, 1.54) is 0 Å². The normalized spacial score (nSPS) is 26.3. The summed E-state index contributed by atoms with van der Waals surface area (Å²) in [4.78, 5) is 27.9. The van der Waals surface area contributed by atoms with Gasteiger partial charge in [0, 0.05) is 26.2 Å². The van der Waals surface area contributed by atoms with Crippen LogP contribution in [0.25, 0.3) is 10.2 Å². The molecule has 0 amide bonds. The van der Waals surface area contributed by atoms with E-state index in [4.69, 9.17) is 5.73 Å². The minimum Gasteiger partial charge on any atom is -0.368 e. The van der Waals surface area contributed by atoms with Gasteiger partial charge in [0.15, 0.2) is 0 Å². The van der Waals surface area contributed by atoms with Crippen molar-refractivity contribution in [1.82, 2.24) is 19.8 Å². The molecule has 2 aromatic rings. The molecular formula is C16H22N6OS. The highest BCUT2D eigenvalue weighted by molar-refractivity contribution is 7.16. The Morgan fingerprint density at radius 2 is 2.04 bits per heavy atom. The van der Waals surface area contributed by atoms with E-state index in [1.54, 1.807) is 11.3 Å². The van der Waals surface area contributed by atoms with Crippen molar-refractivity contribution in [3.05, 3.63) is 11.4 Å². The number of nitrogens with two attached hydrogens (primary N) is 1. The van der Waals surface area contributed by atoms with Crippen LogP contribution in [0.2, 0.25) is 0 Å². The van der Waals surface area contributed by atoms with Crippen LogP contribution >= 0.6 is 11.3 Å². The first kappa shape index (κ1) is 15.7. The van der Waals surface area contributed by atoms with Gasteiger partial charge in [0.2, 0.25) is 5.95 Å². The molecule has 128 valence electrons. The maximum Gasteiger partial charge on any atom is 0.223 e. The van der Waals surface area contributed by atoms with E-state index < -0.39 is 0 Å². The molecular weight excluding hydrogens is 324 g/mol. The molecule has 2 aliphatic rings. The fourth-order valence-corrected chi connectivity index (χ4v) is 4.65. The molecule has 0 aromatic carbocycles. The molecule has 4 heterocycles. The van der Waals surface area contributed by atoms with Gasteiger partial charge < -0.3 is 15.4 Å². The first-order chi connectivity index (χ1) is 11.7. The molecule has 0 spiro atoms. The number of likely N-dealkylation sites (N-methyl/N-ethyl adjacent to an activating group) is 1. The van der Waals surface area contributed by atoms with E-state index >= 15 is 0 Å². The average molecular weight is 346 g/mol. The average Bonchev–Trinajstić information content (AvgIpc) is 3.20. The number of likely N-dealkylation sites (tertiary alicyclic amines) is 1. The van der Waals surface area contributed by atoms with Crippen LogP contribution in [0.4, 0.5) is 11.8 Å². The Bertz CT molecular complexity index is 741. The van der Waals surface area contributed by atoms with Crippen molar-refractivity contribution < 1.29 is 4.79 Å². The van der Waals surface area contributed by atoms with Crippen molar-refractivity contribution in [3.63, 3.8) is 0 Å². The summed E-state index contributed by atoms with van der Waals surface area (Å²) in [6, 6.07) is 2.14. The molecule has 24 heavy (non-hydrogen) atoms. The molecule has 2 aromatic heterocycles. The van der Waals surface area contributed by atoms with Gasteiger partial charge in [0.25, 0.3) is 0 Å². The van der Waals surface area contributed by atoms with Gasteiger partial charge in [0.1, 0.15) is 16.9 Å². The Hall–Kier alpha value is -1.77. The number of hydrogen-bond acceptors (Lipinski definition) is 8. The van der Waals surface area contributed by atoms with E-state index in [9.17, 15) is 4.79 Å². The summed E-state index contributed by atoms with van der Waals surface area (Å²) >= 11 is 1.60. The lowest BCUT2D eigenvalue weighted by Gasteiger charge is -2.41. The highest BCUT2D eigenvalue weighted by Crippen LogP contribution is 2.30. The van der Waals surface area contributed by atoms with Gasteiger partial charge in [-0.15, -0.1) is 11.3 Å². The minimum atomic E-state index is 0.0696. The van der Waals surface area contributed by atoms with Gasteiger partial charge in [-0.3, -0.25) is 9.80 Å². The molecule has 2 saturated heterocycles. The number of fused-ring (bicyclic) bond motifs is 1. The molecule has 0 aliphatic carbocycles. The van der Waals surface area contributed by atoms with Crippen LogP contribution in [0.5, 0.6) is 0 Å². The van der Waals surface area contributed by atoms with Crippen molar-refractivity contribution in [2.75, 3.05) is 43.9 Å². The summed E-state index contributed by atoms with van der Waals surface area (Å²) < 4.78 is 0. The van der Waals surface area contributed by atoms with Crippen LogP contribution in [0.1, 0.15) is 12.8 Å². The number of thiophene rings is 1. The topological polar surface area (TPSA) is 78.6 Å². The van der Waals surface area contributed by atoms with Crippen LogP contribution in [-0.2, 0) is 4.79 Å². The number of piperazine rings is 1. The summed E-state index contributed by atoms with van der Waals surface area (Å²) in [5.41, 5.74) is 5.87. The van der Waals surface area contributed by atoms with Crippen LogP contribution in [-0.4, -0.2) is 71.5 Å².